The molecule has 0 aromatic heterocycles. The zero-order valence-corrected chi connectivity index (χ0v) is 8.65. The molecule has 13 heavy (non-hydrogen) atoms. The topological polar surface area (TPSA) is 0 Å². The maximum atomic E-state index is 13.1. The minimum atomic E-state index is -2.34. The van der Waals surface area contributed by atoms with Crippen LogP contribution in [-0.4, -0.2) is 5.92 Å². The highest BCUT2D eigenvalue weighted by molar-refractivity contribution is 4.91. The first-order chi connectivity index (χ1) is 6.11. The second-order valence-electron chi connectivity index (χ2n) is 4.22. The molecule has 1 aliphatic carbocycles. The van der Waals surface area contributed by atoms with Crippen LogP contribution in [0.15, 0.2) is 0 Å². The fourth-order valence-corrected chi connectivity index (χ4v) is 2.27. The van der Waals surface area contributed by atoms with Gasteiger partial charge in [0.15, 0.2) is 0 Å². The van der Waals surface area contributed by atoms with Crippen molar-refractivity contribution in [1.82, 2.24) is 0 Å². The quantitative estimate of drug-likeness (QED) is 0.608. The molecule has 0 aliphatic heterocycles. The standard InChI is InChI=1S/C11H20F2/c1-3-5-6-9(4-2)10-7-8-11(10,12)13/h9-10H,3-8H2,1-2H3. The second kappa shape index (κ2) is 4.39. The fourth-order valence-electron chi connectivity index (χ4n) is 2.27. The van der Waals surface area contributed by atoms with E-state index in [1.54, 1.807) is 0 Å². The molecule has 1 aliphatic rings. The van der Waals surface area contributed by atoms with Crippen LogP contribution in [0.1, 0.15) is 52.4 Å². The summed E-state index contributed by atoms with van der Waals surface area (Å²) in [5.74, 6) is -2.37. The summed E-state index contributed by atoms with van der Waals surface area (Å²) in [6.07, 6.45) is 5.00. The van der Waals surface area contributed by atoms with Crippen LogP contribution in [0, 0.1) is 11.8 Å². The molecule has 0 amide bonds. The molecule has 1 rings (SSSR count). The number of hydrogen-bond acceptors (Lipinski definition) is 0. The van der Waals surface area contributed by atoms with E-state index in [4.69, 9.17) is 0 Å². The molecule has 2 unspecified atom stereocenters. The van der Waals surface area contributed by atoms with Gasteiger partial charge in [-0.25, -0.2) is 8.78 Å². The number of hydrogen-bond donors (Lipinski definition) is 0. The maximum Gasteiger partial charge on any atom is 0.251 e. The summed E-state index contributed by atoms with van der Waals surface area (Å²) in [6, 6.07) is 0. The number of rotatable bonds is 5. The van der Waals surface area contributed by atoms with E-state index in [0.29, 0.717) is 0 Å². The van der Waals surface area contributed by atoms with Crippen molar-refractivity contribution in [3.63, 3.8) is 0 Å². The summed E-state index contributed by atoms with van der Waals surface area (Å²) in [5, 5.41) is 0. The lowest BCUT2D eigenvalue weighted by Gasteiger charge is -2.41. The first-order valence-corrected chi connectivity index (χ1v) is 5.49. The Morgan fingerprint density at radius 3 is 2.38 bits per heavy atom. The van der Waals surface area contributed by atoms with Crippen molar-refractivity contribution in [2.24, 2.45) is 11.8 Å². The average Bonchev–Trinajstić information content (AvgIpc) is 2.10. The molecule has 0 heterocycles. The van der Waals surface area contributed by atoms with E-state index < -0.39 is 5.92 Å². The van der Waals surface area contributed by atoms with E-state index >= 15 is 0 Å². The normalized spacial score (nSPS) is 28.2. The van der Waals surface area contributed by atoms with Crippen LogP contribution in [-0.2, 0) is 0 Å². The zero-order chi connectivity index (χ0) is 9.90. The molecule has 2 heteroatoms. The van der Waals surface area contributed by atoms with Crippen LogP contribution in [0.5, 0.6) is 0 Å². The largest absolute Gasteiger partial charge is 0.251 e. The molecule has 0 radical (unpaired) electrons. The summed E-state index contributed by atoms with van der Waals surface area (Å²) >= 11 is 0. The Kier molecular flexibility index (Phi) is 3.69. The van der Waals surface area contributed by atoms with E-state index in [2.05, 4.69) is 6.92 Å². The third kappa shape index (κ3) is 2.41. The van der Waals surface area contributed by atoms with E-state index in [1.165, 1.54) is 0 Å². The van der Waals surface area contributed by atoms with Gasteiger partial charge in [-0.15, -0.1) is 0 Å². The van der Waals surface area contributed by atoms with Gasteiger partial charge in [-0.2, -0.15) is 0 Å². The Labute approximate surface area is 79.7 Å². The number of unbranched alkanes of at least 4 members (excludes halogenated alkanes) is 1. The summed E-state index contributed by atoms with van der Waals surface area (Å²) in [6.45, 7) is 4.15. The van der Waals surface area contributed by atoms with Crippen molar-refractivity contribution >= 4 is 0 Å². The smallest absolute Gasteiger partial charge is 0.207 e. The molecule has 0 N–H and O–H groups in total. The molecule has 78 valence electrons. The molecule has 0 saturated heterocycles. The minimum Gasteiger partial charge on any atom is -0.207 e. The van der Waals surface area contributed by atoms with Crippen LogP contribution in [0.25, 0.3) is 0 Å². The fraction of sp³-hybridized carbons (Fsp3) is 1.00. The molecular formula is C11H20F2. The summed E-state index contributed by atoms with van der Waals surface area (Å²) in [4.78, 5) is 0. The Balaban J connectivity index is 2.38. The van der Waals surface area contributed by atoms with Gasteiger partial charge < -0.3 is 0 Å². The molecule has 2 atom stereocenters. The van der Waals surface area contributed by atoms with Gasteiger partial charge in [-0.05, 0) is 18.8 Å². The number of alkyl halides is 2. The van der Waals surface area contributed by atoms with E-state index in [1.807, 2.05) is 6.92 Å². The Hall–Kier alpha value is -0.140. The monoisotopic (exact) mass is 190 g/mol. The van der Waals surface area contributed by atoms with Crippen LogP contribution < -0.4 is 0 Å². The van der Waals surface area contributed by atoms with Gasteiger partial charge in [-0.1, -0.05) is 33.1 Å². The molecule has 1 fully saturated rings. The highest BCUT2D eigenvalue weighted by Crippen LogP contribution is 2.49. The third-order valence-corrected chi connectivity index (χ3v) is 3.35. The Bertz CT molecular complexity index is 154. The van der Waals surface area contributed by atoms with E-state index in [-0.39, 0.29) is 18.3 Å². The average molecular weight is 190 g/mol. The van der Waals surface area contributed by atoms with Gasteiger partial charge in [0.2, 0.25) is 0 Å². The first kappa shape index (κ1) is 10.9. The van der Waals surface area contributed by atoms with Gasteiger partial charge in [0, 0.05) is 12.3 Å². The SMILES string of the molecule is CCCCC(CC)C1CCC1(F)F. The van der Waals surface area contributed by atoms with E-state index in [0.717, 1.165) is 32.1 Å². The lowest BCUT2D eigenvalue weighted by atomic mass is 9.70. The minimum absolute atomic E-state index is 0.125. The maximum absolute atomic E-state index is 13.1. The van der Waals surface area contributed by atoms with Gasteiger partial charge in [-0.3, -0.25) is 0 Å². The van der Waals surface area contributed by atoms with Gasteiger partial charge in [0.05, 0.1) is 0 Å². The van der Waals surface area contributed by atoms with Crippen molar-refractivity contribution in [2.75, 3.05) is 0 Å². The second-order valence-corrected chi connectivity index (χ2v) is 4.22. The highest BCUT2D eigenvalue weighted by Gasteiger charge is 2.50. The molecule has 0 nitrogen and oxygen atoms in total. The Morgan fingerprint density at radius 1 is 1.38 bits per heavy atom. The lowest BCUT2D eigenvalue weighted by molar-refractivity contribution is -0.155. The molecule has 0 aromatic rings. The van der Waals surface area contributed by atoms with Crippen molar-refractivity contribution < 1.29 is 8.78 Å². The summed E-state index contributed by atoms with van der Waals surface area (Å²) in [5.41, 5.74) is 0. The molecule has 1 saturated carbocycles. The van der Waals surface area contributed by atoms with Crippen LogP contribution in [0.4, 0.5) is 8.78 Å². The van der Waals surface area contributed by atoms with Crippen molar-refractivity contribution in [3.05, 3.63) is 0 Å². The van der Waals surface area contributed by atoms with Crippen LogP contribution in [0.2, 0.25) is 0 Å². The third-order valence-electron chi connectivity index (χ3n) is 3.35. The van der Waals surface area contributed by atoms with Crippen LogP contribution in [0.3, 0.4) is 0 Å². The highest BCUT2D eigenvalue weighted by atomic mass is 19.3. The number of halogens is 2. The summed E-state index contributed by atoms with van der Waals surface area (Å²) < 4.78 is 26.1. The summed E-state index contributed by atoms with van der Waals surface area (Å²) in [7, 11) is 0. The van der Waals surface area contributed by atoms with Crippen molar-refractivity contribution in [1.29, 1.82) is 0 Å². The molecule has 0 bridgehead atoms. The van der Waals surface area contributed by atoms with Crippen molar-refractivity contribution in [2.45, 2.75) is 58.3 Å². The van der Waals surface area contributed by atoms with Gasteiger partial charge in [0.1, 0.15) is 0 Å². The lowest BCUT2D eigenvalue weighted by Crippen LogP contribution is -2.43. The molecular weight excluding hydrogens is 170 g/mol. The zero-order valence-electron chi connectivity index (χ0n) is 8.65. The predicted octanol–water partition coefficient (Wildman–Crippen LogP) is 4.25. The van der Waals surface area contributed by atoms with Gasteiger partial charge >= 0.3 is 0 Å². The van der Waals surface area contributed by atoms with Crippen molar-refractivity contribution in [3.8, 4) is 0 Å². The first-order valence-electron chi connectivity index (χ1n) is 5.49. The predicted molar refractivity (Wildman–Crippen MR) is 51.0 cm³/mol. The molecule has 0 spiro atoms. The van der Waals surface area contributed by atoms with E-state index in [9.17, 15) is 8.78 Å². The molecule has 0 aromatic carbocycles. The van der Waals surface area contributed by atoms with Crippen LogP contribution >= 0.6 is 0 Å². The Morgan fingerprint density at radius 2 is 2.08 bits per heavy atom. The van der Waals surface area contributed by atoms with Gasteiger partial charge in [0.25, 0.3) is 5.92 Å².